The number of alkyl halides is 2. The normalized spacial score (nSPS) is 10.8. The van der Waals surface area contributed by atoms with Crippen LogP contribution in [0.15, 0.2) is 58.5 Å². The van der Waals surface area contributed by atoms with Gasteiger partial charge in [-0.2, -0.15) is 13.9 Å². The molecule has 2 aromatic rings. The second-order valence-corrected chi connectivity index (χ2v) is 6.50. The van der Waals surface area contributed by atoms with Gasteiger partial charge in [-0.1, -0.05) is 23.9 Å². The largest absolute Gasteiger partial charge is 0.331 e. The third kappa shape index (κ3) is 7.16. The summed E-state index contributed by atoms with van der Waals surface area (Å²) >= 11 is 5.60. The zero-order valence-electron chi connectivity index (χ0n) is 13.7. The fourth-order valence-corrected chi connectivity index (χ4v) is 2.57. The molecule has 136 valence electrons. The zero-order valence-corrected chi connectivity index (χ0v) is 15.3. The number of rotatable bonds is 6. The highest BCUT2D eigenvalue weighted by Gasteiger charge is 2.05. The predicted octanol–water partition coefficient (Wildman–Crippen LogP) is 4.28. The molecule has 3 N–H and O–H groups in total. The standard InChI is InChI=1S/C17H16F2N4OS2/c1-11(24)21-13-4-2-12(3-5-13)10-20-23-17(25)22-14-6-8-15(9-7-14)26-16(18)19/h2-10,16H,1H3,(H,21,24)(H2,22,23,25)/b20-10-. The molecule has 0 bridgehead atoms. The summed E-state index contributed by atoms with van der Waals surface area (Å²) in [5.41, 5.74) is 4.86. The molecule has 0 spiro atoms. The summed E-state index contributed by atoms with van der Waals surface area (Å²) in [4.78, 5) is 11.4. The number of carbonyl (C=O) groups is 1. The number of benzene rings is 2. The molecule has 0 unspecified atom stereocenters. The quantitative estimate of drug-likeness (QED) is 0.295. The third-order valence-electron chi connectivity index (χ3n) is 2.95. The molecule has 5 nitrogen and oxygen atoms in total. The number of nitrogens with zero attached hydrogens (tertiary/aromatic N) is 1. The monoisotopic (exact) mass is 394 g/mol. The molecule has 9 heteroatoms. The molecular formula is C17H16F2N4OS2. The van der Waals surface area contributed by atoms with Gasteiger partial charge in [0.25, 0.3) is 5.76 Å². The summed E-state index contributed by atoms with van der Waals surface area (Å²) in [5.74, 6) is -2.58. The lowest BCUT2D eigenvalue weighted by molar-refractivity contribution is -0.114. The third-order valence-corrected chi connectivity index (χ3v) is 3.86. The van der Waals surface area contributed by atoms with Gasteiger partial charge in [-0.25, -0.2) is 0 Å². The van der Waals surface area contributed by atoms with E-state index in [1.807, 2.05) is 0 Å². The van der Waals surface area contributed by atoms with Gasteiger partial charge in [-0.05, 0) is 54.2 Å². The van der Waals surface area contributed by atoms with Crippen LogP contribution in [0.4, 0.5) is 20.2 Å². The summed E-state index contributed by atoms with van der Waals surface area (Å²) in [7, 11) is 0. The Kier molecular flexibility index (Phi) is 7.49. The Labute approximate surface area is 159 Å². The number of halogens is 2. The van der Waals surface area contributed by atoms with Crippen LogP contribution in [0.3, 0.4) is 0 Å². The van der Waals surface area contributed by atoms with Crippen molar-refractivity contribution in [3.63, 3.8) is 0 Å². The van der Waals surface area contributed by atoms with Crippen LogP contribution in [0, 0.1) is 0 Å². The molecule has 26 heavy (non-hydrogen) atoms. The van der Waals surface area contributed by atoms with Crippen LogP contribution in [0.25, 0.3) is 0 Å². The highest BCUT2D eigenvalue weighted by molar-refractivity contribution is 7.99. The highest BCUT2D eigenvalue weighted by atomic mass is 32.2. The van der Waals surface area contributed by atoms with E-state index >= 15 is 0 Å². The Bertz CT molecular complexity index is 780. The van der Waals surface area contributed by atoms with Crippen molar-refractivity contribution in [1.29, 1.82) is 0 Å². The Morgan fingerprint density at radius 3 is 2.23 bits per heavy atom. The lowest BCUT2D eigenvalue weighted by atomic mass is 10.2. The van der Waals surface area contributed by atoms with Crippen LogP contribution in [0.5, 0.6) is 0 Å². The Morgan fingerprint density at radius 1 is 1.08 bits per heavy atom. The Hall–Kier alpha value is -2.52. The number of anilines is 2. The molecule has 0 heterocycles. The summed E-state index contributed by atoms with van der Waals surface area (Å²) in [5, 5.41) is 9.86. The van der Waals surface area contributed by atoms with Crippen molar-refractivity contribution in [3.8, 4) is 0 Å². The van der Waals surface area contributed by atoms with Crippen molar-refractivity contribution < 1.29 is 13.6 Å². The van der Waals surface area contributed by atoms with E-state index in [9.17, 15) is 13.6 Å². The maximum Gasteiger partial charge on any atom is 0.288 e. The summed E-state index contributed by atoms with van der Waals surface area (Å²) in [6.07, 6.45) is 1.58. The van der Waals surface area contributed by atoms with Gasteiger partial charge in [0.15, 0.2) is 5.11 Å². The van der Waals surface area contributed by atoms with Gasteiger partial charge in [0.1, 0.15) is 0 Å². The van der Waals surface area contributed by atoms with Crippen molar-refractivity contribution >= 4 is 52.6 Å². The summed E-state index contributed by atoms with van der Waals surface area (Å²) < 4.78 is 24.5. The molecule has 0 radical (unpaired) electrons. The molecule has 1 amide bonds. The maximum absolute atomic E-state index is 12.3. The van der Waals surface area contributed by atoms with E-state index < -0.39 is 5.76 Å². The van der Waals surface area contributed by atoms with Crippen molar-refractivity contribution in [2.24, 2.45) is 5.10 Å². The predicted molar refractivity (Wildman–Crippen MR) is 106 cm³/mol. The van der Waals surface area contributed by atoms with Crippen molar-refractivity contribution in [2.75, 3.05) is 10.6 Å². The number of thiocarbonyl (C=S) groups is 1. The van der Waals surface area contributed by atoms with Crippen molar-refractivity contribution in [2.45, 2.75) is 17.6 Å². The molecule has 0 aliphatic rings. The number of hydrogen-bond acceptors (Lipinski definition) is 4. The first-order valence-corrected chi connectivity index (χ1v) is 8.74. The summed E-state index contributed by atoms with van der Waals surface area (Å²) in [6.45, 7) is 1.44. The number of carbonyl (C=O) groups excluding carboxylic acids is 1. The van der Waals surface area contributed by atoms with E-state index in [-0.39, 0.29) is 11.0 Å². The molecule has 0 atom stereocenters. The molecule has 0 aromatic heterocycles. The number of amides is 1. The minimum absolute atomic E-state index is 0.134. The van der Waals surface area contributed by atoms with Crippen LogP contribution >= 0.6 is 24.0 Å². The molecule has 2 rings (SSSR count). The first-order chi connectivity index (χ1) is 12.4. The molecular weight excluding hydrogens is 378 g/mol. The van der Waals surface area contributed by atoms with Crippen LogP contribution in [-0.4, -0.2) is 23.0 Å². The van der Waals surface area contributed by atoms with E-state index in [2.05, 4.69) is 21.2 Å². The van der Waals surface area contributed by atoms with Crippen LogP contribution in [-0.2, 0) is 4.79 Å². The average Bonchev–Trinajstić information content (AvgIpc) is 2.57. The number of nitrogens with one attached hydrogen (secondary N) is 3. The average molecular weight is 394 g/mol. The summed E-state index contributed by atoms with van der Waals surface area (Å²) in [6, 6.07) is 13.6. The van der Waals surface area contributed by atoms with Gasteiger partial charge < -0.3 is 10.6 Å². The van der Waals surface area contributed by atoms with E-state index in [0.717, 1.165) is 5.56 Å². The lowest BCUT2D eigenvalue weighted by Crippen LogP contribution is -2.23. The molecule has 0 aliphatic heterocycles. The van der Waals surface area contributed by atoms with Crippen LogP contribution < -0.4 is 16.1 Å². The maximum atomic E-state index is 12.3. The van der Waals surface area contributed by atoms with Crippen molar-refractivity contribution in [1.82, 2.24) is 5.43 Å². The van der Waals surface area contributed by atoms with Crippen LogP contribution in [0.1, 0.15) is 12.5 Å². The van der Waals surface area contributed by atoms with E-state index in [1.54, 1.807) is 54.7 Å². The first-order valence-electron chi connectivity index (χ1n) is 7.45. The smallest absolute Gasteiger partial charge is 0.288 e. The van der Waals surface area contributed by atoms with E-state index in [4.69, 9.17) is 12.2 Å². The number of hydrogen-bond donors (Lipinski definition) is 3. The van der Waals surface area contributed by atoms with Gasteiger partial charge in [0.2, 0.25) is 5.91 Å². The van der Waals surface area contributed by atoms with Gasteiger partial charge in [-0.15, -0.1) is 0 Å². The fourth-order valence-electron chi connectivity index (χ4n) is 1.90. The second kappa shape index (κ2) is 9.83. The molecule has 0 aliphatic carbocycles. The van der Waals surface area contributed by atoms with Gasteiger partial charge in [0, 0.05) is 23.2 Å². The molecule has 0 fully saturated rings. The Morgan fingerprint density at radius 2 is 1.65 bits per heavy atom. The highest BCUT2D eigenvalue weighted by Crippen LogP contribution is 2.26. The second-order valence-electron chi connectivity index (χ2n) is 5.03. The Balaban J connectivity index is 1.82. The minimum atomic E-state index is -2.45. The van der Waals surface area contributed by atoms with Gasteiger partial charge >= 0.3 is 0 Å². The molecule has 0 saturated heterocycles. The number of thioether (sulfide) groups is 1. The topological polar surface area (TPSA) is 65.5 Å². The van der Waals surface area contributed by atoms with E-state index in [1.165, 1.54) is 6.92 Å². The van der Waals surface area contributed by atoms with Gasteiger partial charge in [-0.3, -0.25) is 10.2 Å². The molecule has 0 saturated carbocycles. The number of hydrazone groups is 1. The molecule has 2 aromatic carbocycles. The fraction of sp³-hybridized carbons (Fsp3) is 0.118. The zero-order chi connectivity index (χ0) is 18.9. The van der Waals surface area contributed by atoms with Crippen LogP contribution in [0.2, 0.25) is 0 Å². The first kappa shape index (κ1) is 19.8. The SMILES string of the molecule is CC(=O)Nc1ccc(/C=N\NC(=S)Nc2ccc(SC(F)F)cc2)cc1. The lowest BCUT2D eigenvalue weighted by Gasteiger charge is -2.08. The van der Waals surface area contributed by atoms with Gasteiger partial charge in [0.05, 0.1) is 6.21 Å². The minimum Gasteiger partial charge on any atom is -0.331 e. The van der Waals surface area contributed by atoms with Crippen molar-refractivity contribution in [3.05, 3.63) is 54.1 Å². The van der Waals surface area contributed by atoms with E-state index in [0.29, 0.717) is 28.0 Å².